The summed E-state index contributed by atoms with van der Waals surface area (Å²) in [5.74, 6) is 0.839. The highest BCUT2D eigenvalue weighted by Crippen LogP contribution is 2.30. The van der Waals surface area contributed by atoms with Gasteiger partial charge in [-0.25, -0.2) is 0 Å². The first-order valence-corrected chi connectivity index (χ1v) is 5.74. The third-order valence-corrected chi connectivity index (χ3v) is 3.16. The second-order valence-electron chi connectivity index (χ2n) is 4.96. The summed E-state index contributed by atoms with van der Waals surface area (Å²) in [4.78, 5) is 2.75. The Balaban J connectivity index is 1.88. The molecule has 1 atom stereocenters. The Bertz CT molecular complexity index is 163. The van der Waals surface area contributed by atoms with Crippen molar-refractivity contribution in [2.24, 2.45) is 5.92 Å². The Morgan fingerprint density at radius 3 is 2.77 bits per heavy atom. The van der Waals surface area contributed by atoms with E-state index in [9.17, 15) is 0 Å². The number of rotatable bonds is 3. The van der Waals surface area contributed by atoms with Crippen molar-refractivity contribution in [1.82, 2.24) is 10.2 Å². The van der Waals surface area contributed by atoms with E-state index in [1.807, 2.05) is 0 Å². The molecule has 1 N–H and O–H groups in total. The van der Waals surface area contributed by atoms with Crippen LogP contribution in [0.25, 0.3) is 0 Å². The van der Waals surface area contributed by atoms with Gasteiger partial charge in [0.05, 0.1) is 0 Å². The zero-order valence-corrected chi connectivity index (χ0v) is 8.92. The topological polar surface area (TPSA) is 15.3 Å². The fourth-order valence-electron chi connectivity index (χ4n) is 2.43. The molecule has 76 valence electrons. The van der Waals surface area contributed by atoms with Gasteiger partial charge < -0.3 is 5.32 Å². The molecule has 2 nitrogen and oxygen atoms in total. The summed E-state index contributed by atoms with van der Waals surface area (Å²) in [6, 6.07) is 1.77. The van der Waals surface area contributed by atoms with Crippen molar-refractivity contribution in [3.05, 3.63) is 0 Å². The summed E-state index contributed by atoms with van der Waals surface area (Å²) < 4.78 is 0. The van der Waals surface area contributed by atoms with Gasteiger partial charge >= 0.3 is 0 Å². The summed E-state index contributed by atoms with van der Waals surface area (Å²) >= 11 is 0. The van der Waals surface area contributed by atoms with E-state index >= 15 is 0 Å². The van der Waals surface area contributed by atoms with Crippen molar-refractivity contribution in [2.75, 3.05) is 19.6 Å². The molecule has 1 saturated heterocycles. The smallest absolute Gasteiger partial charge is 0.0226 e. The Morgan fingerprint density at radius 2 is 2.15 bits per heavy atom. The highest BCUT2D eigenvalue weighted by Gasteiger charge is 2.35. The van der Waals surface area contributed by atoms with Gasteiger partial charge in [-0.3, -0.25) is 4.90 Å². The molecule has 1 aliphatic heterocycles. The average Bonchev–Trinajstić information content (AvgIpc) is 2.87. The lowest BCUT2D eigenvalue weighted by Crippen LogP contribution is -2.52. The summed E-state index contributed by atoms with van der Waals surface area (Å²) in [7, 11) is 0. The first-order chi connectivity index (χ1) is 6.27. The summed E-state index contributed by atoms with van der Waals surface area (Å²) in [5, 5.41) is 3.51. The molecule has 1 aliphatic carbocycles. The van der Waals surface area contributed by atoms with Crippen LogP contribution in [0.5, 0.6) is 0 Å². The maximum Gasteiger partial charge on any atom is 0.0226 e. The van der Waals surface area contributed by atoms with Crippen LogP contribution in [0.2, 0.25) is 0 Å². The van der Waals surface area contributed by atoms with Gasteiger partial charge in [-0.1, -0.05) is 13.8 Å². The van der Waals surface area contributed by atoms with Crippen LogP contribution in [0.1, 0.15) is 33.1 Å². The number of hydrogen-bond acceptors (Lipinski definition) is 2. The highest BCUT2D eigenvalue weighted by atomic mass is 15.3. The molecule has 13 heavy (non-hydrogen) atoms. The maximum atomic E-state index is 3.51. The van der Waals surface area contributed by atoms with Gasteiger partial charge in [-0.2, -0.15) is 0 Å². The van der Waals surface area contributed by atoms with Crippen molar-refractivity contribution in [1.29, 1.82) is 0 Å². The predicted molar refractivity (Wildman–Crippen MR) is 55.8 cm³/mol. The van der Waals surface area contributed by atoms with Crippen LogP contribution >= 0.6 is 0 Å². The van der Waals surface area contributed by atoms with Gasteiger partial charge in [0.15, 0.2) is 0 Å². The largest absolute Gasteiger partial charge is 0.314 e. The Kier molecular flexibility index (Phi) is 2.89. The molecule has 1 unspecified atom stereocenters. The molecule has 0 aromatic carbocycles. The zero-order valence-electron chi connectivity index (χ0n) is 8.92. The van der Waals surface area contributed by atoms with Crippen molar-refractivity contribution in [2.45, 2.75) is 45.2 Å². The number of hydrogen-bond donors (Lipinski definition) is 1. The van der Waals surface area contributed by atoms with Crippen LogP contribution in [-0.4, -0.2) is 36.6 Å². The van der Waals surface area contributed by atoms with Crippen LogP contribution in [0, 0.1) is 5.92 Å². The van der Waals surface area contributed by atoms with Gasteiger partial charge in [-0.15, -0.1) is 0 Å². The van der Waals surface area contributed by atoms with E-state index in [1.165, 1.54) is 38.9 Å². The molecule has 1 saturated carbocycles. The van der Waals surface area contributed by atoms with Crippen LogP contribution in [-0.2, 0) is 0 Å². The fourth-order valence-corrected chi connectivity index (χ4v) is 2.43. The quantitative estimate of drug-likeness (QED) is 0.711. The van der Waals surface area contributed by atoms with Crippen molar-refractivity contribution >= 4 is 0 Å². The van der Waals surface area contributed by atoms with Crippen molar-refractivity contribution in [3.63, 3.8) is 0 Å². The monoisotopic (exact) mass is 182 g/mol. The molecule has 0 bridgehead atoms. The summed E-state index contributed by atoms with van der Waals surface area (Å²) in [6.07, 6.45) is 4.27. The molecule has 2 heteroatoms. The van der Waals surface area contributed by atoms with Gasteiger partial charge in [0.2, 0.25) is 0 Å². The van der Waals surface area contributed by atoms with E-state index in [-0.39, 0.29) is 0 Å². The second kappa shape index (κ2) is 3.97. The molecule has 0 amide bonds. The van der Waals surface area contributed by atoms with Crippen molar-refractivity contribution in [3.8, 4) is 0 Å². The molecule has 0 radical (unpaired) electrons. The molecular formula is C11H22N2. The summed E-state index contributed by atoms with van der Waals surface area (Å²) in [5.41, 5.74) is 0. The Morgan fingerprint density at radius 1 is 1.38 bits per heavy atom. The first-order valence-electron chi connectivity index (χ1n) is 5.74. The number of nitrogens with zero attached hydrogens (tertiary/aromatic N) is 1. The van der Waals surface area contributed by atoms with E-state index in [2.05, 4.69) is 24.1 Å². The highest BCUT2D eigenvalue weighted by molar-refractivity contribution is 4.92. The van der Waals surface area contributed by atoms with Gasteiger partial charge in [0.1, 0.15) is 0 Å². The van der Waals surface area contributed by atoms with Crippen LogP contribution < -0.4 is 5.32 Å². The number of nitrogens with one attached hydrogen (secondary N) is 1. The lowest BCUT2D eigenvalue weighted by atomic mass is 10.0. The minimum absolute atomic E-state index is 0.821. The van der Waals surface area contributed by atoms with E-state index in [0.717, 1.165) is 18.0 Å². The maximum absolute atomic E-state index is 3.51. The molecule has 2 rings (SSSR count). The van der Waals surface area contributed by atoms with E-state index < -0.39 is 0 Å². The Labute approximate surface area is 81.7 Å². The lowest BCUT2D eigenvalue weighted by Gasteiger charge is -2.37. The molecular weight excluding hydrogens is 160 g/mol. The van der Waals surface area contributed by atoms with E-state index in [4.69, 9.17) is 0 Å². The van der Waals surface area contributed by atoms with Crippen LogP contribution in [0.3, 0.4) is 0 Å². The lowest BCUT2D eigenvalue weighted by molar-refractivity contribution is 0.133. The minimum Gasteiger partial charge on any atom is -0.314 e. The molecule has 1 heterocycles. The van der Waals surface area contributed by atoms with E-state index in [1.54, 1.807) is 0 Å². The third kappa shape index (κ3) is 2.44. The third-order valence-electron chi connectivity index (χ3n) is 3.16. The normalized spacial score (nSPS) is 31.2. The van der Waals surface area contributed by atoms with Crippen LogP contribution in [0.15, 0.2) is 0 Å². The second-order valence-corrected chi connectivity index (χ2v) is 4.96. The average molecular weight is 182 g/mol. The fraction of sp³-hybridized carbons (Fsp3) is 1.00. The molecule has 2 aliphatic rings. The molecule has 0 spiro atoms. The standard InChI is InChI=1S/C11H22N2/c1-9(2)7-11-8-12-5-6-13(11)10-3-4-10/h9-12H,3-8H2,1-2H3. The van der Waals surface area contributed by atoms with Crippen LogP contribution in [0.4, 0.5) is 0 Å². The SMILES string of the molecule is CC(C)CC1CNCCN1C1CC1. The Hall–Kier alpha value is -0.0800. The first kappa shape index (κ1) is 9.47. The predicted octanol–water partition coefficient (Wildman–Crippen LogP) is 1.47. The minimum atomic E-state index is 0.821. The molecule has 0 aromatic heterocycles. The van der Waals surface area contributed by atoms with Gasteiger partial charge in [-0.05, 0) is 25.2 Å². The van der Waals surface area contributed by atoms with Gasteiger partial charge in [0.25, 0.3) is 0 Å². The molecule has 0 aromatic rings. The van der Waals surface area contributed by atoms with E-state index in [0.29, 0.717) is 0 Å². The van der Waals surface area contributed by atoms with Crippen molar-refractivity contribution < 1.29 is 0 Å². The van der Waals surface area contributed by atoms with Gasteiger partial charge in [0, 0.05) is 31.7 Å². The molecule has 2 fully saturated rings. The zero-order chi connectivity index (χ0) is 9.26. The number of piperazine rings is 1. The summed E-state index contributed by atoms with van der Waals surface area (Å²) in [6.45, 7) is 8.36.